The molecule has 2 atom stereocenters. The van der Waals surface area contributed by atoms with Gasteiger partial charge in [0.05, 0.1) is 18.8 Å². The first kappa shape index (κ1) is 15.3. The third-order valence-electron chi connectivity index (χ3n) is 4.52. The molecule has 2 aliphatic rings. The summed E-state index contributed by atoms with van der Waals surface area (Å²) in [6, 6.07) is 10.5. The zero-order valence-corrected chi connectivity index (χ0v) is 13.2. The molecule has 0 unspecified atom stereocenters. The molecule has 0 bridgehead atoms. The lowest BCUT2D eigenvalue weighted by Crippen LogP contribution is -2.48. The molecule has 0 saturated carbocycles. The van der Waals surface area contributed by atoms with Gasteiger partial charge in [-0.3, -0.25) is 0 Å². The van der Waals surface area contributed by atoms with Crippen molar-refractivity contribution in [3.05, 3.63) is 35.9 Å². The summed E-state index contributed by atoms with van der Waals surface area (Å²) in [4.78, 5) is 16.7. The molecule has 0 aromatic heterocycles. The lowest BCUT2D eigenvalue weighted by molar-refractivity contribution is -0.0172. The molecule has 2 fully saturated rings. The highest BCUT2D eigenvalue weighted by Crippen LogP contribution is 2.31. The molecule has 1 aromatic carbocycles. The predicted octanol–water partition coefficient (Wildman–Crippen LogP) is 1.86. The van der Waals surface area contributed by atoms with E-state index in [0.29, 0.717) is 6.54 Å². The van der Waals surface area contributed by atoms with E-state index < -0.39 is 0 Å². The molecule has 0 aliphatic carbocycles. The van der Waals surface area contributed by atoms with Crippen LogP contribution in [0.4, 0.5) is 4.79 Å². The standard InChI is InChI=1S/C17H25N3O2/c1-19-10-11-22-15(13-19)12-18-17(21)20-9-5-8-16(20)14-6-3-2-4-7-14/h2-4,6-7,15-16H,5,8-13H2,1H3,(H,18,21)/t15-,16+/m1/s1. The number of amides is 2. The van der Waals surface area contributed by atoms with E-state index in [9.17, 15) is 4.79 Å². The molecule has 0 radical (unpaired) electrons. The fraction of sp³-hybridized carbons (Fsp3) is 0.588. The summed E-state index contributed by atoms with van der Waals surface area (Å²) < 4.78 is 5.70. The maximum Gasteiger partial charge on any atom is 0.318 e. The Labute approximate surface area is 132 Å². The number of nitrogens with one attached hydrogen (secondary N) is 1. The van der Waals surface area contributed by atoms with Crippen LogP contribution >= 0.6 is 0 Å². The van der Waals surface area contributed by atoms with Crippen molar-refractivity contribution in [1.29, 1.82) is 0 Å². The van der Waals surface area contributed by atoms with Crippen LogP contribution in [0.5, 0.6) is 0 Å². The maximum absolute atomic E-state index is 12.5. The summed E-state index contributed by atoms with van der Waals surface area (Å²) in [6.07, 6.45) is 2.20. The van der Waals surface area contributed by atoms with Gasteiger partial charge in [-0.05, 0) is 25.5 Å². The van der Waals surface area contributed by atoms with Crippen molar-refractivity contribution in [2.45, 2.75) is 25.0 Å². The topological polar surface area (TPSA) is 44.8 Å². The third-order valence-corrected chi connectivity index (χ3v) is 4.52. The maximum atomic E-state index is 12.5. The van der Waals surface area contributed by atoms with E-state index in [1.165, 1.54) is 5.56 Å². The summed E-state index contributed by atoms with van der Waals surface area (Å²) in [6.45, 7) is 4.00. The van der Waals surface area contributed by atoms with E-state index in [1.807, 2.05) is 23.1 Å². The van der Waals surface area contributed by atoms with E-state index in [-0.39, 0.29) is 18.2 Å². The monoisotopic (exact) mass is 303 g/mol. The highest BCUT2D eigenvalue weighted by atomic mass is 16.5. The minimum atomic E-state index is 0.0307. The van der Waals surface area contributed by atoms with Gasteiger partial charge in [0.1, 0.15) is 0 Å². The number of hydrogen-bond acceptors (Lipinski definition) is 3. The van der Waals surface area contributed by atoms with Crippen LogP contribution in [-0.4, -0.2) is 61.8 Å². The zero-order valence-electron chi connectivity index (χ0n) is 13.2. The summed E-state index contributed by atoms with van der Waals surface area (Å²) in [5.41, 5.74) is 1.23. The minimum absolute atomic E-state index is 0.0307. The Kier molecular flexibility index (Phi) is 4.95. The molecule has 3 rings (SSSR count). The van der Waals surface area contributed by atoms with Crippen molar-refractivity contribution in [2.75, 3.05) is 39.8 Å². The van der Waals surface area contributed by atoms with Crippen LogP contribution in [-0.2, 0) is 4.74 Å². The summed E-state index contributed by atoms with van der Waals surface area (Å²) in [7, 11) is 2.09. The molecule has 2 heterocycles. The molecule has 2 saturated heterocycles. The quantitative estimate of drug-likeness (QED) is 0.927. The van der Waals surface area contributed by atoms with Gasteiger partial charge in [-0.15, -0.1) is 0 Å². The Morgan fingerprint density at radius 3 is 2.91 bits per heavy atom. The number of morpholine rings is 1. The number of likely N-dealkylation sites (N-methyl/N-ethyl adjacent to an activating group) is 1. The van der Waals surface area contributed by atoms with Crippen molar-refractivity contribution < 1.29 is 9.53 Å². The van der Waals surface area contributed by atoms with E-state index >= 15 is 0 Å². The largest absolute Gasteiger partial charge is 0.374 e. The van der Waals surface area contributed by atoms with Gasteiger partial charge in [0.2, 0.25) is 0 Å². The smallest absolute Gasteiger partial charge is 0.318 e. The van der Waals surface area contributed by atoms with Gasteiger partial charge < -0.3 is 19.9 Å². The second kappa shape index (κ2) is 7.11. The van der Waals surface area contributed by atoms with E-state index in [1.54, 1.807) is 0 Å². The third kappa shape index (κ3) is 3.59. The van der Waals surface area contributed by atoms with Crippen LogP contribution in [0.1, 0.15) is 24.4 Å². The zero-order chi connectivity index (χ0) is 15.4. The number of carbonyl (C=O) groups is 1. The molecular formula is C17H25N3O2. The molecular weight excluding hydrogens is 278 g/mol. The Hall–Kier alpha value is -1.59. The van der Waals surface area contributed by atoms with Crippen LogP contribution in [0.2, 0.25) is 0 Å². The van der Waals surface area contributed by atoms with Gasteiger partial charge >= 0.3 is 6.03 Å². The molecule has 5 nitrogen and oxygen atoms in total. The van der Waals surface area contributed by atoms with Crippen molar-refractivity contribution in [1.82, 2.24) is 15.1 Å². The lowest BCUT2D eigenvalue weighted by Gasteiger charge is -2.31. The fourth-order valence-electron chi connectivity index (χ4n) is 3.32. The first-order chi connectivity index (χ1) is 10.7. The molecule has 5 heteroatoms. The number of rotatable bonds is 3. The number of hydrogen-bond donors (Lipinski definition) is 1. The predicted molar refractivity (Wildman–Crippen MR) is 85.8 cm³/mol. The summed E-state index contributed by atoms with van der Waals surface area (Å²) >= 11 is 0. The van der Waals surface area contributed by atoms with Crippen LogP contribution < -0.4 is 5.32 Å². The van der Waals surface area contributed by atoms with Gasteiger partial charge in [-0.1, -0.05) is 30.3 Å². The highest BCUT2D eigenvalue weighted by Gasteiger charge is 2.30. The van der Waals surface area contributed by atoms with Crippen LogP contribution in [0.25, 0.3) is 0 Å². The van der Waals surface area contributed by atoms with Crippen molar-refractivity contribution in [3.8, 4) is 0 Å². The number of nitrogens with zero attached hydrogens (tertiary/aromatic N) is 2. The van der Waals surface area contributed by atoms with Gasteiger partial charge in [0.15, 0.2) is 0 Å². The number of likely N-dealkylation sites (tertiary alicyclic amines) is 1. The van der Waals surface area contributed by atoms with Crippen molar-refractivity contribution in [3.63, 3.8) is 0 Å². The van der Waals surface area contributed by atoms with Gasteiger partial charge in [-0.2, -0.15) is 0 Å². The average molecular weight is 303 g/mol. The van der Waals surface area contributed by atoms with Crippen LogP contribution in [0.15, 0.2) is 30.3 Å². The Balaban J connectivity index is 1.55. The highest BCUT2D eigenvalue weighted by molar-refractivity contribution is 5.75. The summed E-state index contributed by atoms with van der Waals surface area (Å²) in [5.74, 6) is 0. The van der Waals surface area contributed by atoms with Crippen molar-refractivity contribution >= 4 is 6.03 Å². The molecule has 2 aliphatic heterocycles. The van der Waals surface area contributed by atoms with Gasteiger partial charge in [-0.25, -0.2) is 4.79 Å². The van der Waals surface area contributed by atoms with Gasteiger partial charge in [0, 0.05) is 26.2 Å². The van der Waals surface area contributed by atoms with Crippen LogP contribution in [0, 0.1) is 0 Å². The molecule has 22 heavy (non-hydrogen) atoms. The average Bonchev–Trinajstić information content (AvgIpc) is 3.03. The van der Waals surface area contributed by atoms with Crippen LogP contribution in [0.3, 0.4) is 0 Å². The normalized spacial score (nSPS) is 26.1. The first-order valence-electron chi connectivity index (χ1n) is 8.13. The van der Waals surface area contributed by atoms with E-state index in [0.717, 1.165) is 39.1 Å². The number of carbonyl (C=O) groups excluding carboxylic acids is 1. The van der Waals surface area contributed by atoms with E-state index in [2.05, 4.69) is 29.4 Å². The minimum Gasteiger partial charge on any atom is -0.374 e. The molecule has 0 spiro atoms. The number of ether oxygens (including phenoxy) is 1. The first-order valence-corrected chi connectivity index (χ1v) is 8.13. The van der Waals surface area contributed by atoms with Crippen molar-refractivity contribution in [2.24, 2.45) is 0 Å². The Morgan fingerprint density at radius 1 is 1.32 bits per heavy atom. The lowest BCUT2D eigenvalue weighted by atomic mass is 10.1. The van der Waals surface area contributed by atoms with E-state index in [4.69, 9.17) is 4.74 Å². The summed E-state index contributed by atoms with van der Waals surface area (Å²) in [5, 5.41) is 3.05. The van der Waals surface area contributed by atoms with Gasteiger partial charge in [0.25, 0.3) is 0 Å². The SMILES string of the molecule is CN1CCO[C@H](CNC(=O)N2CCC[C@H]2c2ccccc2)C1. The Bertz CT molecular complexity index is 494. The molecule has 120 valence electrons. The second-order valence-corrected chi connectivity index (χ2v) is 6.20. The number of urea groups is 1. The second-order valence-electron chi connectivity index (χ2n) is 6.20. The molecule has 2 amide bonds. The fourth-order valence-corrected chi connectivity index (χ4v) is 3.32. The number of benzene rings is 1. The Morgan fingerprint density at radius 2 is 2.14 bits per heavy atom. The molecule has 1 aromatic rings. The molecule has 1 N–H and O–H groups in total.